The topological polar surface area (TPSA) is 50.8 Å². The first-order valence-corrected chi connectivity index (χ1v) is 7.09. The maximum atomic E-state index is 11.7. The first kappa shape index (κ1) is 16.1. The fourth-order valence-electron chi connectivity index (χ4n) is 1.75. The summed E-state index contributed by atoms with van der Waals surface area (Å²) in [7, 11) is 0. The Balaban J connectivity index is 2.25. The van der Waals surface area contributed by atoms with E-state index >= 15 is 0 Å². The molecule has 0 saturated heterocycles. The van der Waals surface area contributed by atoms with Crippen molar-refractivity contribution in [2.24, 2.45) is 0 Å². The van der Waals surface area contributed by atoms with Crippen molar-refractivity contribution in [2.75, 3.05) is 32.8 Å². The Hall–Kier alpha value is -1.91. The molecule has 1 aromatic rings. The van der Waals surface area contributed by atoms with Gasteiger partial charge in [0.2, 0.25) is 0 Å². The summed E-state index contributed by atoms with van der Waals surface area (Å²) < 4.78 is 10.9. The molecule has 0 fully saturated rings. The summed E-state index contributed by atoms with van der Waals surface area (Å²) in [6.07, 6.45) is 0. The molecule has 1 N–H and O–H groups in total. The molecule has 5 heteroatoms. The van der Waals surface area contributed by atoms with Crippen LogP contribution < -0.4 is 14.8 Å². The summed E-state index contributed by atoms with van der Waals surface area (Å²) in [5.74, 6) is 1.60. The van der Waals surface area contributed by atoms with Crippen molar-refractivity contribution in [3.05, 3.63) is 24.3 Å². The van der Waals surface area contributed by atoms with Crippen LogP contribution in [0.25, 0.3) is 0 Å². The Kier molecular flexibility index (Phi) is 7.32. The van der Waals surface area contributed by atoms with Gasteiger partial charge in [0.25, 0.3) is 0 Å². The Morgan fingerprint density at radius 1 is 1.05 bits per heavy atom. The van der Waals surface area contributed by atoms with E-state index in [9.17, 15) is 4.79 Å². The zero-order valence-electron chi connectivity index (χ0n) is 12.5. The first-order chi connectivity index (χ1) is 9.71. The second-order valence-electron chi connectivity index (χ2n) is 4.16. The van der Waals surface area contributed by atoms with Crippen LogP contribution in [0.1, 0.15) is 20.8 Å². The van der Waals surface area contributed by atoms with E-state index in [1.807, 2.05) is 45.0 Å². The molecule has 0 saturated carbocycles. The van der Waals surface area contributed by atoms with Crippen molar-refractivity contribution < 1.29 is 14.3 Å². The third-order valence-corrected chi connectivity index (χ3v) is 2.83. The monoisotopic (exact) mass is 280 g/mol. The van der Waals surface area contributed by atoms with E-state index in [1.165, 1.54) is 0 Å². The Labute approximate surface area is 120 Å². The minimum atomic E-state index is -0.0507. The van der Waals surface area contributed by atoms with Crippen molar-refractivity contribution >= 4 is 6.03 Å². The zero-order chi connectivity index (χ0) is 14.8. The van der Waals surface area contributed by atoms with E-state index in [0.717, 1.165) is 11.5 Å². The number of nitrogens with one attached hydrogen (secondary N) is 1. The third-order valence-electron chi connectivity index (χ3n) is 2.83. The molecule has 0 spiro atoms. The highest BCUT2D eigenvalue weighted by Gasteiger charge is 2.07. The molecule has 5 nitrogen and oxygen atoms in total. The molecule has 112 valence electrons. The summed E-state index contributed by atoms with van der Waals surface area (Å²) in [6, 6.07) is 7.40. The molecule has 0 aliphatic heterocycles. The van der Waals surface area contributed by atoms with E-state index < -0.39 is 0 Å². The molecule has 2 amide bonds. The maximum Gasteiger partial charge on any atom is 0.317 e. The molecule has 0 atom stereocenters. The molecule has 1 rings (SSSR count). The zero-order valence-corrected chi connectivity index (χ0v) is 12.5. The molecule has 0 heterocycles. The predicted molar refractivity (Wildman–Crippen MR) is 79.4 cm³/mol. The number of hydrogen-bond acceptors (Lipinski definition) is 3. The van der Waals surface area contributed by atoms with Crippen LogP contribution in [0.4, 0.5) is 4.79 Å². The quantitative estimate of drug-likeness (QED) is 0.744. The summed E-state index contributed by atoms with van der Waals surface area (Å²) in [5.41, 5.74) is 0. The van der Waals surface area contributed by atoms with Gasteiger partial charge in [0.15, 0.2) is 0 Å². The van der Waals surface area contributed by atoms with Gasteiger partial charge in [-0.25, -0.2) is 4.79 Å². The first-order valence-electron chi connectivity index (χ1n) is 7.09. The lowest BCUT2D eigenvalue weighted by Crippen LogP contribution is -2.41. The van der Waals surface area contributed by atoms with Gasteiger partial charge in [0.1, 0.15) is 18.1 Å². The second kappa shape index (κ2) is 9.07. The van der Waals surface area contributed by atoms with Crippen LogP contribution in [0.3, 0.4) is 0 Å². The number of benzene rings is 1. The van der Waals surface area contributed by atoms with Gasteiger partial charge in [-0.05, 0) is 45.0 Å². The van der Waals surface area contributed by atoms with Crippen molar-refractivity contribution in [3.8, 4) is 11.5 Å². The number of rotatable bonds is 8. The highest BCUT2D eigenvalue weighted by Crippen LogP contribution is 2.17. The fraction of sp³-hybridized carbons (Fsp3) is 0.533. The summed E-state index contributed by atoms with van der Waals surface area (Å²) in [5, 5.41) is 2.82. The van der Waals surface area contributed by atoms with Crippen LogP contribution in [0.2, 0.25) is 0 Å². The molecule has 0 aromatic heterocycles. The van der Waals surface area contributed by atoms with E-state index in [4.69, 9.17) is 9.47 Å². The molecule has 0 aliphatic carbocycles. The smallest absolute Gasteiger partial charge is 0.317 e. The summed E-state index contributed by atoms with van der Waals surface area (Å²) in [4.78, 5) is 13.4. The van der Waals surface area contributed by atoms with Crippen LogP contribution >= 0.6 is 0 Å². The minimum Gasteiger partial charge on any atom is -0.494 e. The van der Waals surface area contributed by atoms with E-state index in [-0.39, 0.29) is 6.03 Å². The number of urea groups is 1. The molecule has 20 heavy (non-hydrogen) atoms. The summed E-state index contributed by atoms with van der Waals surface area (Å²) in [6.45, 7) is 8.87. The van der Waals surface area contributed by atoms with Crippen LogP contribution in [0.5, 0.6) is 11.5 Å². The number of ether oxygens (including phenoxy) is 2. The predicted octanol–water partition coefficient (Wildman–Crippen LogP) is 2.52. The van der Waals surface area contributed by atoms with Crippen molar-refractivity contribution in [2.45, 2.75) is 20.8 Å². The number of carbonyl (C=O) groups excluding carboxylic acids is 1. The molecule has 0 aliphatic rings. The van der Waals surface area contributed by atoms with Gasteiger partial charge in [-0.2, -0.15) is 0 Å². The van der Waals surface area contributed by atoms with Crippen LogP contribution in [0.15, 0.2) is 24.3 Å². The van der Waals surface area contributed by atoms with Gasteiger partial charge in [0.05, 0.1) is 13.2 Å². The second-order valence-corrected chi connectivity index (χ2v) is 4.16. The van der Waals surface area contributed by atoms with E-state index in [2.05, 4.69) is 5.32 Å². The van der Waals surface area contributed by atoms with E-state index in [1.54, 1.807) is 4.90 Å². The average molecular weight is 280 g/mol. The molecule has 1 aromatic carbocycles. The molecular weight excluding hydrogens is 256 g/mol. The Morgan fingerprint density at radius 2 is 1.60 bits per heavy atom. The average Bonchev–Trinajstić information content (AvgIpc) is 2.47. The highest BCUT2D eigenvalue weighted by atomic mass is 16.5. The number of amides is 2. The van der Waals surface area contributed by atoms with Gasteiger partial charge in [-0.1, -0.05) is 0 Å². The largest absolute Gasteiger partial charge is 0.494 e. The summed E-state index contributed by atoms with van der Waals surface area (Å²) >= 11 is 0. The lowest BCUT2D eigenvalue weighted by molar-refractivity contribution is 0.200. The van der Waals surface area contributed by atoms with Gasteiger partial charge in [-0.3, -0.25) is 0 Å². The van der Waals surface area contributed by atoms with Crippen molar-refractivity contribution in [1.82, 2.24) is 10.2 Å². The van der Waals surface area contributed by atoms with Gasteiger partial charge in [0, 0.05) is 13.1 Å². The SMILES string of the molecule is CCOc1ccc(OCCNC(=O)N(CC)CC)cc1. The number of nitrogens with zero attached hydrogens (tertiary/aromatic N) is 1. The van der Waals surface area contributed by atoms with Crippen LogP contribution in [0, 0.1) is 0 Å². The lowest BCUT2D eigenvalue weighted by atomic mass is 10.3. The minimum absolute atomic E-state index is 0.0507. The van der Waals surface area contributed by atoms with Crippen molar-refractivity contribution in [3.63, 3.8) is 0 Å². The fourth-order valence-corrected chi connectivity index (χ4v) is 1.75. The normalized spacial score (nSPS) is 9.95. The molecule has 0 radical (unpaired) electrons. The Bertz CT molecular complexity index is 389. The standard InChI is InChI=1S/C15H24N2O3/c1-4-17(5-2)15(18)16-11-12-20-14-9-7-13(8-10-14)19-6-3/h7-10H,4-6,11-12H2,1-3H3,(H,16,18). The van der Waals surface area contributed by atoms with Crippen LogP contribution in [-0.4, -0.2) is 43.8 Å². The molecular formula is C15H24N2O3. The van der Waals surface area contributed by atoms with E-state index in [0.29, 0.717) is 32.8 Å². The molecule has 0 bridgehead atoms. The molecule has 0 unspecified atom stereocenters. The van der Waals surface area contributed by atoms with Crippen LogP contribution in [-0.2, 0) is 0 Å². The maximum absolute atomic E-state index is 11.7. The van der Waals surface area contributed by atoms with Gasteiger partial charge in [-0.15, -0.1) is 0 Å². The Morgan fingerprint density at radius 3 is 2.10 bits per heavy atom. The highest BCUT2D eigenvalue weighted by molar-refractivity contribution is 5.74. The van der Waals surface area contributed by atoms with Gasteiger partial charge >= 0.3 is 6.03 Å². The number of hydrogen-bond donors (Lipinski definition) is 1. The lowest BCUT2D eigenvalue weighted by Gasteiger charge is -2.19. The van der Waals surface area contributed by atoms with Crippen molar-refractivity contribution in [1.29, 1.82) is 0 Å². The van der Waals surface area contributed by atoms with Gasteiger partial charge < -0.3 is 19.7 Å². The number of carbonyl (C=O) groups is 1. The third kappa shape index (κ3) is 5.38.